The Morgan fingerprint density at radius 3 is 2.48 bits per heavy atom. The van der Waals surface area contributed by atoms with E-state index in [9.17, 15) is 18.3 Å². The lowest BCUT2D eigenvalue weighted by Gasteiger charge is -2.26. The predicted octanol–water partition coefficient (Wildman–Crippen LogP) is 1.96. The van der Waals surface area contributed by atoms with E-state index in [1.165, 1.54) is 16.6 Å². The maximum absolute atomic E-state index is 12.6. The van der Waals surface area contributed by atoms with E-state index in [1.54, 1.807) is 36.4 Å². The summed E-state index contributed by atoms with van der Waals surface area (Å²) in [5.41, 5.74) is 0.993. The number of aromatic carboxylic acids is 1. The van der Waals surface area contributed by atoms with Gasteiger partial charge in [-0.3, -0.25) is 0 Å². The Morgan fingerprint density at radius 1 is 1.20 bits per heavy atom. The van der Waals surface area contributed by atoms with Gasteiger partial charge in [-0.1, -0.05) is 24.3 Å². The number of benzene rings is 1. The van der Waals surface area contributed by atoms with Crippen molar-refractivity contribution in [3.63, 3.8) is 0 Å². The molecule has 0 amide bonds. The number of aromatic hydroxyl groups is 1. The molecule has 0 aliphatic carbocycles. The second-order valence-electron chi connectivity index (χ2n) is 5.55. The summed E-state index contributed by atoms with van der Waals surface area (Å²) >= 11 is 0. The molecule has 1 aliphatic heterocycles. The first-order valence-corrected chi connectivity index (χ1v) is 9.00. The van der Waals surface area contributed by atoms with Gasteiger partial charge in [0.1, 0.15) is 5.75 Å². The largest absolute Gasteiger partial charge is 0.505 e. The van der Waals surface area contributed by atoms with Crippen LogP contribution in [0.3, 0.4) is 0 Å². The van der Waals surface area contributed by atoms with Gasteiger partial charge in [0, 0.05) is 19.3 Å². The first-order valence-electron chi connectivity index (χ1n) is 7.56. The molecule has 1 aliphatic rings. The van der Waals surface area contributed by atoms with Crippen molar-refractivity contribution in [3.05, 3.63) is 59.9 Å². The summed E-state index contributed by atoms with van der Waals surface area (Å²) in [6, 6.07) is 9.56. The number of carbonyl (C=O) groups is 1. The monoisotopic (exact) mass is 360 g/mol. The summed E-state index contributed by atoms with van der Waals surface area (Å²) in [7, 11) is -3.55. The smallest absolute Gasteiger partial charge is 0.358 e. The van der Waals surface area contributed by atoms with Crippen LogP contribution in [0.15, 0.2) is 53.6 Å². The first-order chi connectivity index (χ1) is 11.9. The van der Waals surface area contributed by atoms with Crippen LogP contribution < -0.4 is 0 Å². The minimum atomic E-state index is -3.55. The zero-order chi connectivity index (χ0) is 18.0. The molecule has 2 heterocycles. The van der Waals surface area contributed by atoms with Crippen LogP contribution in [0.1, 0.15) is 22.5 Å². The first kappa shape index (κ1) is 17.1. The van der Waals surface area contributed by atoms with Crippen molar-refractivity contribution in [2.75, 3.05) is 13.1 Å². The molecule has 0 saturated carbocycles. The molecule has 0 fully saturated rings. The molecule has 2 N–H and O–H groups in total. The molecule has 2 aromatic rings. The SMILES string of the molecule is O=C(O)c1ncc(C2=CCN(S(=O)(=O)c3ccccc3)CC2)cc1O. The van der Waals surface area contributed by atoms with E-state index in [2.05, 4.69) is 4.98 Å². The molecule has 25 heavy (non-hydrogen) atoms. The van der Waals surface area contributed by atoms with Crippen LogP contribution in [0.25, 0.3) is 5.57 Å². The second-order valence-corrected chi connectivity index (χ2v) is 7.49. The standard InChI is InChI=1S/C17H16N2O5S/c20-15-10-13(11-18-16(15)17(21)22)12-6-8-19(9-7-12)25(23,24)14-4-2-1-3-5-14/h1-6,10-11,20H,7-9H2,(H,21,22). The highest BCUT2D eigenvalue weighted by atomic mass is 32.2. The molecule has 3 rings (SSSR count). The third-order valence-corrected chi connectivity index (χ3v) is 5.87. The fourth-order valence-corrected chi connectivity index (χ4v) is 4.07. The number of sulfonamides is 1. The summed E-state index contributed by atoms with van der Waals surface area (Å²) in [5, 5.41) is 18.6. The Balaban J connectivity index is 1.81. The average molecular weight is 360 g/mol. The maximum Gasteiger partial charge on any atom is 0.358 e. The van der Waals surface area contributed by atoms with E-state index in [0.717, 1.165) is 5.57 Å². The number of hydrogen-bond acceptors (Lipinski definition) is 5. The van der Waals surface area contributed by atoms with E-state index >= 15 is 0 Å². The molecule has 0 saturated heterocycles. The molecule has 0 bridgehead atoms. The van der Waals surface area contributed by atoms with Crippen LogP contribution in [0.5, 0.6) is 5.75 Å². The van der Waals surface area contributed by atoms with Gasteiger partial charge in [0.2, 0.25) is 10.0 Å². The molecular weight excluding hydrogens is 344 g/mol. The zero-order valence-corrected chi connectivity index (χ0v) is 14.0. The van der Waals surface area contributed by atoms with Crippen molar-refractivity contribution in [2.45, 2.75) is 11.3 Å². The van der Waals surface area contributed by atoms with Crippen LogP contribution >= 0.6 is 0 Å². The van der Waals surface area contributed by atoms with Gasteiger partial charge in [-0.15, -0.1) is 0 Å². The van der Waals surface area contributed by atoms with Gasteiger partial charge in [0.15, 0.2) is 5.69 Å². The molecular formula is C17H16N2O5S. The number of nitrogens with zero attached hydrogens (tertiary/aromatic N) is 2. The fraction of sp³-hybridized carbons (Fsp3) is 0.176. The highest BCUT2D eigenvalue weighted by molar-refractivity contribution is 7.89. The topological polar surface area (TPSA) is 108 Å². The van der Waals surface area contributed by atoms with Gasteiger partial charge in [0.25, 0.3) is 0 Å². The van der Waals surface area contributed by atoms with Gasteiger partial charge in [-0.2, -0.15) is 4.31 Å². The quantitative estimate of drug-likeness (QED) is 0.863. The highest BCUT2D eigenvalue weighted by Crippen LogP contribution is 2.28. The van der Waals surface area contributed by atoms with Gasteiger partial charge >= 0.3 is 5.97 Å². The second kappa shape index (κ2) is 6.66. The fourth-order valence-electron chi connectivity index (χ4n) is 2.67. The van der Waals surface area contributed by atoms with Crippen molar-refractivity contribution in [2.24, 2.45) is 0 Å². The Bertz CT molecular complexity index is 939. The number of rotatable bonds is 4. The van der Waals surface area contributed by atoms with Crippen LogP contribution in [0.2, 0.25) is 0 Å². The zero-order valence-electron chi connectivity index (χ0n) is 13.2. The Hall–Kier alpha value is -2.71. The minimum Gasteiger partial charge on any atom is -0.505 e. The number of carboxylic acid groups (broad SMARTS) is 1. The molecule has 0 unspecified atom stereocenters. The predicted molar refractivity (Wildman–Crippen MR) is 90.7 cm³/mol. The number of carboxylic acids is 1. The number of aromatic nitrogens is 1. The summed E-state index contributed by atoms with van der Waals surface area (Å²) in [5.74, 6) is -1.72. The molecule has 130 valence electrons. The van der Waals surface area contributed by atoms with Gasteiger partial charge in [0.05, 0.1) is 4.90 Å². The Kier molecular flexibility index (Phi) is 4.56. The molecule has 1 aromatic carbocycles. The van der Waals surface area contributed by atoms with E-state index in [-0.39, 0.29) is 11.4 Å². The van der Waals surface area contributed by atoms with Crippen LogP contribution in [-0.4, -0.2) is 47.0 Å². The summed E-state index contributed by atoms with van der Waals surface area (Å²) in [6.07, 6.45) is 3.57. The number of pyridine rings is 1. The minimum absolute atomic E-state index is 0.202. The molecule has 1 aromatic heterocycles. The lowest BCUT2D eigenvalue weighted by Crippen LogP contribution is -2.34. The third kappa shape index (κ3) is 3.40. The maximum atomic E-state index is 12.6. The summed E-state index contributed by atoms with van der Waals surface area (Å²) in [4.78, 5) is 14.9. The lowest BCUT2D eigenvalue weighted by molar-refractivity contribution is 0.0687. The van der Waals surface area contributed by atoms with Crippen molar-refractivity contribution < 1.29 is 23.4 Å². The van der Waals surface area contributed by atoms with E-state index < -0.39 is 27.4 Å². The van der Waals surface area contributed by atoms with Crippen LogP contribution in [0, 0.1) is 0 Å². The Morgan fingerprint density at radius 2 is 1.92 bits per heavy atom. The van der Waals surface area contributed by atoms with Crippen molar-refractivity contribution >= 4 is 21.6 Å². The van der Waals surface area contributed by atoms with Crippen molar-refractivity contribution in [3.8, 4) is 5.75 Å². The average Bonchev–Trinajstić information content (AvgIpc) is 2.62. The third-order valence-electron chi connectivity index (χ3n) is 3.99. The molecule has 8 heteroatoms. The molecule has 0 radical (unpaired) electrons. The van der Waals surface area contributed by atoms with Gasteiger partial charge in [-0.05, 0) is 35.8 Å². The molecule has 0 atom stereocenters. The van der Waals surface area contributed by atoms with Crippen molar-refractivity contribution in [1.82, 2.24) is 9.29 Å². The van der Waals surface area contributed by atoms with E-state index in [4.69, 9.17) is 5.11 Å². The van der Waals surface area contributed by atoms with Gasteiger partial charge in [-0.25, -0.2) is 18.2 Å². The van der Waals surface area contributed by atoms with Crippen LogP contribution in [0.4, 0.5) is 0 Å². The number of hydrogen-bond donors (Lipinski definition) is 2. The summed E-state index contributed by atoms with van der Waals surface area (Å²) in [6.45, 7) is 0.499. The van der Waals surface area contributed by atoms with Crippen LogP contribution in [-0.2, 0) is 10.0 Å². The molecule has 0 spiro atoms. The van der Waals surface area contributed by atoms with Crippen molar-refractivity contribution in [1.29, 1.82) is 0 Å². The molecule has 7 nitrogen and oxygen atoms in total. The highest BCUT2D eigenvalue weighted by Gasteiger charge is 2.26. The van der Waals surface area contributed by atoms with E-state index in [1.807, 2.05) is 0 Å². The van der Waals surface area contributed by atoms with E-state index in [0.29, 0.717) is 18.5 Å². The summed E-state index contributed by atoms with van der Waals surface area (Å²) < 4.78 is 26.5. The van der Waals surface area contributed by atoms with Gasteiger partial charge < -0.3 is 10.2 Å². The Labute approximate surface area is 144 Å². The lowest BCUT2D eigenvalue weighted by atomic mass is 10.0. The normalized spacial score (nSPS) is 15.6.